The van der Waals surface area contributed by atoms with Gasteiger partial charge >= 0.3 is 0 Å². The zero-order valence-corrected chi connectivity index (χ0v) is 12.1. The second-order valence-corrected chi connectivity index (χ2v) is 4.87. The fourth-order valence-corrected chi connectivity index (χ4v) is 2.02. The van der Waals surface area contributed by atoms with E-state index in [-0.39, 0.29) is 0 Å². The van der Waals surface area contributed by atoms with Crippen LogP contribution in [0.2, 0.25) is 0 Å². The number of hydrogen-bond acceptors (Lipinski definition) is 4. The normalized spacial score (nSPS) is 10.2. The van der Waals surface area contributed by atoms with Crippen molar-refractivity contribution < 1.29 is 4.74 Å². The van der Waals surface area contributed by atoms with Crippen LogP contribution in [0.25, 0.3) is 5.82 Å². The zero-order chi connectivity index (χ0) is 15.4. The molecule has 0 spiro atoms. The molecule has 2 aromatic heterocycles. The van der Waals surface area contributed by atoms with Crippen molar-refractivity contribution in [1.29, 1.82) is 5.26 Å². The van der Waals surface area contributed by atoms with Gasteiger partial charge in [-0.3, -0.25) is 0 Å². The summed E-state index contributed by atoms with van der Waals surface area (Å²) < 4.78 is 7.39. The third-order valence-electron chi connectivity index (χ3n) is 3.21. The maximum atomic E-state index is 8.96. The first-order valence-corrected chi connectivity index (χ1v) is 6.85. The Morgan fingerprint density at radius 3 is 2.73 bits per heavy atom. The molecular formula is C17H14N4O. The van der Waals surface area contributed by atoms with Crippen LogP contribution in [0.15, 0.2) is 54.9 Å². The summed E-state index contributed by atoms with van der Waals surface area (Å²) in [6.45, 7) is 2.50. The summed E-state index contributed by atoms with van der Waals surface area (Å²) in [5.74, 6) is 1.14. The van der Waals surface area contributed by atoms with Crippen LogP contribution in [0.5, 0.6) is 5.88 Å². The Morgan fingerprint density at radius 2 is 1.95 bits per heavy atom. The van der Waals surface area contributed by atoms with Crippen LogP contribution >= 0.6 is 0 Å². The molecule has 0 aliphatic heterocycles. The third-order valence-corrected chi connectivity index (χ3v) is 3.21. The average Bonchev–Trinajstić information content (AvgIpc) is 3.03. The maximum Gasteiger partial charge on any atom is 0.218 e. The van der Waals surface area contributed by atoms with Crippen LogP contribution in [0.3, 0.4) is 0 Å². The molecule has 5 nitrogen and oxygen atoms in total. The Bertz CT molecular complexity index is 815. The highest BCUT2D eigenvalue weighted by Gasteiger charge is 2.08. The van der Waals surface area contributed by atoms with Gasteiger partial charge in [-0.1, -0.05) is 29.8 Å². The molecular weight excluding hydrogens is 276 g/mol. The van der Waals surface area contributed by atoms with Gasteiger partial charge in [0.15, 0.2) is 5.82 Å². The highest BCUT2D eigenvalue weighted by atomic mass is 16.5. The third kappa shape index (κ3) is 2.96. The lowest BCUT2D eigenvalue weighted by Crippen LogP contribution is -2.05. The van der Waals surface area contributed by atoms with E-state index in [1.54, 1.807) is 35.3 Å². The number of rotatable bonds is 4. The average molecular weight is 290 g/mol. The first-order chi connectivity index (χ1) is 10.8. The molecule has 0 N–H and O–H groups in total. The largest absolute Gasteiger partial charge is 0.473 e. The molecule has 3 rings (SSSR count). The van der Waals surface area contributed by atoms with Gasteiger partial charge in [-0.2, -0.15) is 15.0 Å². The van der Waals surface area contributed by atoms with E-state index in [4.69, 9.17) is 10.00 Å². The minimum atomic E-state index is 0.448. The Kier molecular flexibility index (Phi) is 3.84. The minimum absolute atomic E-state index is 0.448. The van der Waals surface area contributed by atoms with Gasteiger partial charge in [-0.05, 0) is 18.6 Å². The van der Waals surface area contributed by atoms with Crippen LogP contribution in [0, 0.1) is 18.3 Å². The van der Waals surface area contributed by atoms with Gasteiger partial charge in [0.1, 0.15) is 6.61 Å². The molecule has 0 amide bonds. The van der Waals surface area contributed by atoms with E-state index >= 15 is 0 Å². The molecule has 108 valence electrons. The zero-order valence-electron chi connectivity index (χ0n) is 12.1. The van der Waals surface area contributed by atoms with Gasteiger partial charge in [-0.25, -0.2) is 4.98 Å². The van der Waals surface area contributed by atoms with Crippen molar-refractivity contribution in [3.8, 4) is 17.8 Å². The van der Waals surface area contributed by atoms with E-state index < -0.39 is 0 Å². The standard InChI is InChI=1S/C17H14N4O/c1-13-2-4-14(5-3-13)12-22-17-7-9-20-21(17)16-10-15(11-18)6-8-19-16/h2-10H,12H2,1H3. The Hall–Kier alpha value is -3.13. The lowest BCUT2D eigenvalue weighted by atomic mass is 10.2. The van der Waals surface area contributed by atoms with E-state index in [1.165, 1.54) is 5.56 Å². The van der Waals surface area contributed by atoms with Gasteiger partial charge < -0.3 is 4.74 Å². The highest BCUT2D eigenvalue weighted by molar-refractivity contribution is 5.37. The van der Waals surface area contributed by atoms with Gasteiger partial charge in [0.05, 0.1) is 17.8 Å². The van der Waals surface area contributed by atoms with Crippen LogP contribution in [0.4, 0.5) is 0 Å². The predicted octanol–water partition coefficient (Wildman–Crippen LogP) is 3.03. The lowest BCUT2D eigenvalue weighted by Gasteiger charge is -2.09. The molecule has 0 saturated carbocycles. The van der Waals surface area contributed by atoms with E-state index in [9.17, 15) is 0 Å². The maximum absolute atomic E-state index is 8.96. The number of aryl methyl sites for hydroxylation is 1. The summed E-state index contributed by atoms with van der Waals surface area (Å²) in [6.07, 6.45) is 3.23. The van der Waals surface area contributed by atoms with Crippen molar-refractivity contribution in [2.45, 2.75) is 13.5 Å². The molecule has 0 saturated heterocycles. The summed E-state index contributed by atoms with van der Waals surface area (Å²) in [4.78, 5) is 4.23. The first-order valence-electron chi connectivity index (χ1n) is 6.85. The minimum Gasteiger partial charge on any atom is -0.473 e. The molecule has 22 heavy (non-hydrogen) atoms. The second kappa shape index (κ2) is 6.10. The molecule has 0 radical (unpaired) electrons. The number of ether oxygens (including phenoxy) is 1. The Labute approximate surface area is 128 Å². The molecule has 2 heterocycles. The van der Waals surface area contributed by atoms with Gasteiger partial charge in [0.25, 0.3) is 0 Å². The van der Waals surface area contributed by atoms with Crippen molar-refractivity contribution in [2.24, 2.45) is 0 Å². The molecule has 0 unspecified atom stereocenters. The van der Waals surface area contributed by atoms with Gasteiger partial charge in [-0.15, -0.1) is 0 Å². The topological polar surface area (TPSA) is 63.7 Å². The molecule has 0 atom stereocenters. The molecule has 3 aromatic rings. The lowest BCUT2D eigenvalue weighted by molar-refractivity contribution is 0.284. The highest BCUT2D eigenvalue weighted by Crippen LogP contribution is 2.17. The summed E-state index contributed by atoms with van der Waals surface area (Å²) in [5, 5.41) is 13.2. The number of benzene rings is 1. The van der Waals surface area contributed by atoms with Gasteiger partial charge in [0.2, 0.25) is 5.88 Å². The number of aromatic nitrogens is 3. The molecule has 0 aliphatic rings. The fraction of sp³-hybridized carbons (Fsp3) is 0.118. The van der Waals surface area contributed by atoms with Crippen molar-refractivity contribution >= 4 is 0 Å². The monoisotopic (exact) mass is 290 g/mol. The summed E-state index contributed by atoms with van der Waals surface area (Å²) >= 11 is 0. The van der Waals surface area contributed by atoms with Gasteiger partial charge in [0, 0.05) is 18.3 Å². The van der Waals surface area contributed by atoms with Crippen molar-refractivity contribution in [3.63, 3.8) is 0 Å². The van der Waals surface area contributed by atoms with E-state index in [0.29, 0.717) is 23.9 Å². The van der Waals surface area contributed by atoms with Crippen LogP contribution in [-0.2, 0) is 6.61 Å². The van der Waals surface area contributed by atoms with Crippen LogP contribution < -0.4 is 4.74 Å². The van der Waals surface area contributed by atoms with Crippen molar-refractivity contribution in [2.75, 3.05) is 0 Å². The SMILES string of the molecule is Cc1ccc(COc2ccnn2-c2cc(C#N)ccn2)cc1. The second-order valence-electron chi connectivity index (χ2n) is 4.87. The Morgan fingerprint density at radius 1 is 1.14 bits per heavy atom. The molecule has 1 aromatic carbocycles. The summed E-state index contributed by atoms with van der Waals surface area (Å²) in [6, 6.07) is 15.4. The van der Waals surface area contributed by atoms with Crippen LogP contribution in [-0.4, -0.2) is 14.8 Å². The van der Waals surface area contributed by atoms with Crippen molar-refractivity contribution in [1.82, 2.24) is 14.8 Å². The number of nitrogens with zero attached hydrogens (tertiary/aromatic N) is 4. The molecule has 0 fully saturated rings. The summed E-state index contributed by atoms with van der Waals surface area (Å²) in [7, 11) is 0. The first kappa shape index (κ1) is 13.8. The quantitative estimate of drug-likeness (QED) is 0.741. The Balaban J connectivity index is 1.80. The van der Waals surface area contributed by atoms with Crippen LogP contribution in [0.1, 0.15) is 16.7 Å². The molecule has 0 aliphatic carbocycles. The van der Waals surface area contributed by atoms with Crippen molar-refractivity contribution in [3.05, 3.63) is 71.5 Å². The molecule has 0 bridgehead atoms. The number of pyridine rings is 1. The van der Waals surface area contributed by atoms with E-state index in [0.717, 1.165) is 5.56 Å². The fourth-order valence-electron chi connectivity index (χ4n) is 2.02. The number of hydrogen-bond donors (Lipinski definition) is 0. The molecule has 5 heteroatoms. The smallest absolute Gasteiger partial charge is 0.218 e. The van der Waals surface area contributed by atoms with E-state index in [1.807, 2.05) is 31.2 Å². The number of nitriles is 1. The predicted molar refractivity (Wildman–Crippen MR) is 81.6 cm³/mol. The van der Waals surface area contributed by atoms with E-state index in [2.05, 4.69) is 16.2 Å². The summed E-state index contributed by atoms with van der Waals surface area (Å²) in [5.41, 5.74) is 2.83.